The van der Waals surface area contributed by atoms with E-state index in [1.54, 1.807) is 0 Å². The van der Waals surface area contributed by atoms with Crippen molar-refractivity contribution in [3.63, 3.8) is 0 Å². The van der Waals surface area contributed by atoms with Crippen molar-refractivity contribution in [2.45, 2.75) is 0 Å². The van der Waals surface area contributed by atoms with Crippen LogP contribution in [0.15, 0.2) is 170 Å². The highest BCUT2D eigenvalue weighted by Gasteiger charge is 2.45. The quantitative estimate of drug-likeness (QED) is 0.138. The third-order valence-corrected chi connectivity index (χ3v) is 14.6. The Labute approximate surface area is 291 Å². The Morgan fingerprint density at radius 3 is 1.60 bits per heavy atom. The Balaban J connectivity index is 1.51. The lowest BCUT2D eigenvalue weighted by Crippen LogP contribution is -2.75. The summed E-state index contributed by atoms with van der Waals surface area (Å²) in [5.74, 6) is 0. The number of fused-ring (bicyclic) bond motifs is 3. The second-order valence-corrected chi connectivity index (χ2v) is 15.9. The largest absolute Gasteiger partial charge is 0.308 e. The zero-order chi connectivity index (χ0) is 34.1. The summed E-state index contributed by atoms with van der Waals surface area (Å²) in [5.41, 5.74) is 5.88. The molecule has 0 aliphatic heterocycles. The van der Waals surface area contributed by atoms with E-state index in [9.17, 15) is 15.8 Å². The molecule has 1 heterocycles. The van der Waals surface area contributed by atoms with Crippen LogP contribution in [0.3, 0.4) is 0 Å². The zero-order valence-electron chi connectivity index (χ0n) is 27.0. The van der Waals surface area contributed by atoms with Gasteiger partial charge in [-0.15, -0.1) is 0 Å². The summed E-state index contributed by atoms with van der Waals surface area (Å²) in [6.07, 6.45) is 0. The van der Waals surface area contributed by atoms with E-state index >= 15 is 0 Å². The van der Waals surface area contributed by atoms with Crippen molar-refractivity contribution in [3.8, 4) is 35.0 Å². The molecular formula is C45H28N4Si. The Kier molecular flexibility index (Phi) is 7.63. The number of para-hydroxylation sites is 1. The molecule has 7 aromatic carbocycles. The third kappa shape index (κ3) is 4.64. The van der Waals surface area contributed by atoms with Gasteiger partial charge in [-0.25, -0.2) is 0 Å². The van der Waals surface area contributed by atoms with Crippen molar-refractivity contribution in [1.29, 1.82) is 15.8 Å². The van der Waals surface area contributed by atoms with Gasteiger partial charge >= 0.3 is 0 Å². The average molecular weight is 653 g/mol. The fraction of sp³-hybridized carbons (Fsp3) is 0. The van der Waals surface area contributed by atoms with Crippen LogP contribution < -0.4 is 20.7 Å². The number of hydrogen-bond donors (Lipinski definition) is 0. The van der Waals surface area contributed by atoms with Crippen LogP contribution in [0, 0.1) is 34.0 Å². The van der Waals surface area contributed by atoms with E-state index in [0.29, 0.717) is 16.7 Å². The number of nitriles is 3. The number of aromatic nitrogens is 1. The fourth-order valence-electron chi connectivity index (χ4n) is 7.64. The van der Waals surface area contributed by atoms with E-state index in [0.717, 1.165) is 59.4 Å². The van der Waals surface area contributed by atoms with Gasteiger partial charge in [-0.1, -0.05) is 133 Å². The lowest BCUT2D eigenvalue weighted by molar-refractivity contribution is 1.17. The molecule has 0 spiro atoms. The number of hydrogen-bond acceptors (Lipinski definition) is 3. The lowest BCUT2D eigenvalue weighted by Gasteiger charge is -2.36. The molecule has 0 saturated carbocycles. The Bertz CT molecular complexity index is 2580. The van der Waals surface area contributed by atoms with E-state index in [2.05, 4.69) is 114 Å². The first-order chi connectivity index (χ1) is 24.7. The SMILES string of the molecule is N#Cc1ccc2c(c1)c1ccccc1n2-c1cccc(-c2cccc(C#N)c2[Si](c2ccccc2)(c2ccccc2)c2ccccc2)c1C#N. The topological polar surface area (TPSA) is 76.3 Å². The average Bonchev–Trinajstić information content (AvgIpc) is 3.52. The minimum absolute atomic E-state index is 0.507. The molecule has 0 amide bonds. The molecule has 0 atom stereocenters. The van der Waals surface area contributed by atoms with Crippen molar-refractivity contribution in [3.05, 3.63) is 187 Å². The van der Waals surface area contributed by atoms with Crippen molar-refractivity contribution < 1.29 is 0 Å². The van der Waals surface area contributed by atoms with Crippen LogP contribution in [0.2, 0.25) is 0 Å². The van der Waals surface area contributed by atoms with Gasteiger partial charge in [0.15, 0.2) is 8.07 Å². The number of benzene rings is 7. The predicted molar refractivity (Wildman–Crippen MR) is 204 cm³/mol. The molecule has 5 heteroatoms. The van der Waals surface area contributed by atoms with Gasteiger partial charge in [-0.05, 0) is 62.7 Å². The van der Waals surface area contributed by atoms with E-state index in [1.165, 1.54) is 0 Å². The van der Waals surface area contributed by atoms with Crippen LogP contribution >= 0.6 is 0 Å². The highest BCUT2D eigenvalue weighted by Crippen LogP contribution is 2.36. The normalized spacial score (nSPS) is 11.1. The van der Waals surface area contributed by atoms with Gasteiger partial charge in [0.25, 0.3) is 0 Å². The maximum atomic E-state index is 11.1. The van der Waals surface area contributed by atoms with Gasteiger partial charge in [-0.3, -0.25) is 0 Å². The molecule has 0 radical (unpaired) electrons. The standard InChI is InChI=1S/C45H28N4Si/c46-29-32-26-27-44-40(28-32)38-21-10-11-24-42(38)49(44)43-25-13-22-37(41(43)31-48)39-23-12-14-33(30-47)45(39)50(34-15-4-1-5-16-34,35-17-6-2-7-18-35)36-19-8-3-9-20-36/h1-28H. The van der Waals surface area contributed by atoms with Crippen LogP contribution in [-0.4, -0.2) is 12.6 Å². The summed E-state index contributed by atoms with van der Waals surface area (Å²) in [7, 11) is -3.18. The van der Waals surface area contributed by atoms with Crippen LogP contribution in [0.5, 0.6) is 0 Å². The molecule has 232 valence electrons. The molecule has 50 heavy (non-hydrogen) atoms. The van der Waals surface area contributed by atoms with Crippen LogP contribution in [-0.2, 0) is 0 Å². The molecule has 1 aromatic heterocycles. The number of rotatable bonds is 6. The summed E-state index contributed by atoms with van der Waals surface area (Å²) in [5, 5.41) is 38.0. The van der Waals surface area contributed by atoms with Crippen LogP contribution in [0.25, 0.3) is 38.6 Å². The summed E-state index contributed by atoms with van der Waals surface area (Å²) < 4.78 is 2.12. The zero-order valence-corrected chi connectivity index (χ0v) is 28.0. The Morgan fingerprint density at radius 1 is 0.440 bits per heavy atom. The van der Waals surface area contributed by atoms with Gasteiger partial charge in [0.2, 0.25) is 0 Å². The van der Waals surface area contributed by atoms with Crippen molar-refractivity contribution in [1.82, 2.24) is 4.57 Å². The number of nitrogens with zero attached hydrogens (tertiary/aromatic N) is 4. The molecule has 0 saturated heterocycles. The van der Waals surface area contributed by atoms with Crippen molar-refractivity contribution in [2.75, 3.05) is 0 Å². The summed E-state index contributed by atoms with van der Waals surface area (Å²) in [6, 6.07) is 64.7. The van der Waals surface area contributed by atoms with Crippen LogP contribution in [0.1, 0.15) is 16.7 Å². The minimum Gasteiger partial charge on any atom is -0.308 e. The second-order valence-electron chi connectivity index (χ2n) is 12.2. The molecule has 0 aliphatic carbocycles. The maximum absolute atomic E-state index is 11.1. The van der Waals surface area contributed by atoms with Crippen molar-refractivity contribution in [2.24, 2.45) is 0 Å². The molecular weight excluding hydrogens is 625 g/mol. The molecule has 0 fully saturated rings. The van der Waals surface area contributed by atoms with E-state index in [-0.39, 0.29) is 0 Å². The summed E-state index contributed by atoms with van der Waals surface area (Å²) >= 11 is 0. The molecule has 0 bridgehead atoms. The van der Waals surface area contributed by atoms with Gasteiger partial charge in [0.05, 0.1) is 45.5 Å². The van der Waals surface area contributed by atoms with Crippen molar-refractivity contribution >= 4 is 50.6 Å². The highest BCUT2D eigenvalue weighted by molar-refractivity contribution is 7.20. The molecule has 0 N–H and O–H groups in total. The first-order valence-corrected chi connectivity index (χ1v) is 18.4. The fourth-order valence-corrected chi connectivity index (χ4v) is 12.8. The predicted octanol–water partition coefficient (Wildman–Crippen LogP) is 7.44. The molecule has 8 rings (SSSR count). The molecule has 0 unspecified atom stereocenters. The summed E-state index contributed by atoms with van der Waals surface area (Å²) in [4.78, 5) is 0. The first-order valence-electron chi connectivity index (χ1n) is 16.4. The minimum atomic E-state index is -3.18. The van der Waals surface area contributed by atoms with Crippen LogP contribution in [0.4, 0.5) is 0 Å². The highest BCUT2D eigenvalue weighted by atomic mass is 28.3. The molecule has 0 aliphatic rings. The van der Waals surface area contributed by atoms with E-state index in [4.69, 9.17) is 0 Å². The second kappa shape index (κ2) is 12.6. The van der Waals surface area contributed by atoms with Gasteiger partial charge in [-0.2, -0.15) is 15.8 Å². The van der Waals surface area contributed by atoms with E-state index < -0.39 is 8.07 Å². The van der Waals surface area contributed by atoms with E-state index in [1.807, 2.05) is 78.9 Å². The molecule has 8 aromatic rings. The van der Waals surface area contributed by atoms with Gasteiger partial charge < -0.3 is 4.57 Å². The maximum Gasteiger partial charge on any atom is 0.181 e. The van der Waals surface area contributed by atoms with Gasteiger partial charge in [0, 0.05) is 16.3 Å². The lowest BCUT2D eigenvalue weighted by atomic mass is 9.97. The monoisotopic (exact) mass is 652 g/mol. The molecule has 4 nitrogen and oxygen atoms in total. The summed E-state index contributed by atoms with van der Waals surface area (Å²) in [6.45, 7) is 0. The smallest absolute Gasteiger partial charge is 0.181 e. The van der Waals surface area contributed by atoms with Gasteiger partial charge in [0.1, 0.15) is 6.07 Å². The third-order valence-electron chi connectivity index (χ3n) is 9.67. The Hall–Kier alpha value is -6.97. The Morgan fingerprint density at radius 2 is 1.00 bits per heavy atom. The first kappa shape index (κ1) is 30.4.